The topological polar surface area (TPSA) is 76.2 Å². The van der Waals surface area contributed by atoms with E-state index in [1.54, 1.807) is 6.20 Å². The first-order valence-corrected chi connectivity index (χ1v) is 6.48. The minimum absolute atomic E-state index is 0.380. The summed E-state index contributed by atoms with van der Waals surface area (Å²) >= 11 is 0. The fourth-order valence-electron chi connectivity index (χ4n) is 2.28. The largest absolute Gasteiger partial charge is 0.481 e. The van der Waals surface area contributed by atoms with Crippen molar-refractivity contribution in [1.29, 1.82) is 0 Å². The van der Waals surface area contributed by atoms with E-state index in [1.165, 1.54) is 0 Å². The second-order valence-corrected chi connectivity index (χ2v) is 4.66. The van der Waals surface area contributed by atoms with Crippen molar-refractivity contribution in [2.45, 2.75) is 19.3 Å². The highest BCUT2D eigenvalue weighted by Crippen LogP contribution is 2.21. The first-order valence-electron chi connectivity index (χ1n) is 6.48. The maximum absolute atomic E-state index is 11.3. The first kappa shape index (κ1) is 13.5. The predicted octanol–water partition coefficient (Wildman–Crippen LogP) is 2.22. The highest BCUT2D eigenvalue weighted by molar-refractivity contribution is 5.82. The van der Waals surface area contributed by atoms with Gasteiger partial charge in [-0.1, -0.05) is 18.2 Å². The highest BCUT2D eigenvalue weighted by Gasteiger charge is 2.18. The summed E-state index contributed by atoms with van der Waals surface area (Å²) in [6.07, 6.45) is 3.61. The molecule has 1 unspecified atom stereocenters. The van der Waals surface area contributed by atoms with Crippen molar-refractivity contribution in [2.24, 2.45) is 11.7 Å². The summed E-state index contributed by atoms with van der Waals surface area (Å²) in [6, 6.07) is 9.71. The van der Waals surface area contributed by atoms with Gasteiger partial charge in [-0.05, 0) is 43.5 Å². The number of fused-ring (bicyclic) bond motifs is 1. The van der Waals surface area contributed by atoms with E-state index < -0.39 is 5.97 Å². The number of hydrogen-bond acceptors (Lipinski definition) is 3. The minimum Gasteiger partial charge on any atom is -0.481 e. The summed E-state index contributed by atoms with van der Waals surface area (Å²) in [7, 11) is 0. The van der Waals surface area contributed by atoms with Crippen molar-refractivity contribution in [1.82, 2.24) is 4.98 Å². The van der Waals surface area contributed by atoms with Crippen LogP contribution in [0, 0.1) is 5.92 Å². The van der Waals surface area contributed by atoms with Gasteiger partial charge in [0, 0.05) is 11.6 Å². The van der Waals surface area contributed by atoms with Crippen molar-refractivity contribution in [3.8, 4) is 0 Å². The summed E-state index contributed by atoms with van der Waals surface area (Å²) in [4.78, 5) is 15.6. The molecule has 0 saturated heterocycles. The van der Waals surface area contributed by atoms with Crippen LogP contribution in [0.1, 0.15) is 18.4 Å². The average Bonchev–Trinajstić information content (AvgIpc) is 2.43. The molecule has 1 aromatic carbocycles. The molecule has 2 rings (SSSR count). The third-order valence-electron chi connectivity index (χ3n) is 3.31. The van der Waals surface area contributed by atoms with Crippen molar-refractivity contribution >= 4 is 16.9 Å². The van der Waals surface area contributed by atoms with E-state index in [1.807, 2.05) is 30.3 Å². The number of carboxylic acid groups (broad SMARTS) is 1. The van der Waals surface area contributed by atoms with Gasteiger partial charge < -0.3 is 10.8 Å². The molecule has 2 aromatic rings. The zero-order valence-electron chi connectivity index (χ0n) is 10.7. The van der Waals surface area contributed by atoms with Crippen LogP contribution in [-0.4, -0.2) is 22.6 Å². The van der Waals surface area contributed by atoms with Crippen LogP contribution in [0.3, 0.4) is 0 Å². The fourth-order valence-corrected chi connectivity index (χ4v) is 2.28. The number of pyridine rings is 1. The van der Waals surface area contributed by atoms with Gasteiger partial charge in [0.2, 0.25) is 0 Å². The Morgan fingerprint density at radius 3 is 2.84 bits per heavy atom. The smallest absolute Gasteiger partial charge is 0.306 e. The molecule has 0 aliphatic carbocycles. The molecule has 0 aliphatic heterocycles. The number of carbonyl (C=O) groups is 1. The van der Waals surface area contributed by atoms with Crippen LogP contribution in [0.4, 0.5) is 0 Å². The van der Waals surface area contributed by atoms with Gasteiger partial charge in [0.15, 0.2) is 0 Å². The molecule has 0 bridgehead atoms. The molecule has 0 amide bonds. The molecule has 4 nitrogen and oxygen atoms in total. The van der Waals surface area contributed by atoms with Crippen molar-refractivity contribution < 1.29 is 9.90 Å². The van der Waals surface area contributed by atoms with Gasteiger partial charge in [-0.25, -0.2) is 0 Å². The number of aliphatic carboxylic acids is 1. The summed E-state index contributed by atoms with van der Waals surface area (Å²) < 4.78 is 0. The molecule has 19 heavy (non-hydrogen) atoms. The summed E-state index contributed by atoms with van der Waals surface area (Å²) in [6.45, 7) is 0.529. The Morgan fingerprint density at radius 2 is 2.11 bits per heavy atom. The zero-order chi connectivity index (χ0) is 13.7. The van der Waals surface area contributed by atoms with Gasteiger partial charge in [0.25, 0.3) is 0 Å². The van der Waals surface area contributed by atoms with Crippen LogP contribution in [0.5, 0.6) is 0 Å². The molecule has 1 aromatic heterocycles. The van der Waals surface area contributed by atoms with Gasteiger partial charge in [0.05, 0.1) is 11.4 Å². The Labute approximate surface area is 112 Å². The Morgan fingerprint density at radius 1 is 1.32 bits per heavy atom. The van der Waals surface area contributed by atoms with Crippen LogP contribution in [0.2, 0.25) is 0 Å². The quantitative estimate of drug-likeness (QED) is 0.833. The molecular formula is C15H18N2O2. The lowest BCUT2D eigenvalue weighted by atomic mass is 9.93. The predicted molar refractivity (Wildman–Crippen MR) is 74.9 cm³/mol. The molecule has 0 radical (unpaired) electrons. The number of para-hydroxylation sites is 1. The molecule has 0 saturated carbocycles. The van der Waals surface area contributed by atoms with Crippen LogP contribution in [0.25, 0.3) is 10.9 Å². The Balaban J connectivity index is 2.26. The van der Waals surface area contributed by atoms with E-state index in [0.29, 0.717) is 19.4 Å². The standard InChI is InChI=1S/C15H18N2O2/c16-8-3-4-12(15(18)19)10-11-7-9-17-14-6-2-1-5-13(11)14/h1-2,5-7,9,12H,3-4,8,10,16H2,(H,18,19). The Kier molecular flexibility index (Phi) is 4.47. The highest BCUT2D eigenvalue weighted by atomic mass is 16.4. The average molecular weight is 258 g/mol. The van der Waals surface area contributed by atoms with Crippen LogP contribution in [0.15, 0.2) is 36.5 Å². The van der Waals surface area contributed by atoms with Crippen molar-refractivity contribution in [2.75, 3.05) is 6.54 Å². The van der Waals surface area contributed by atoms with Crippen molar-refractivity contribution in [3.05, 3.63) is 42.1 Å². The molecule has 0 fully saturated rings. The molecule has 4 heteroatoms. The van der Waals surface area contributed by atoms with E-state index in [-0.39, 0.29) is 5.92 Å². The maximum atomic E-state index is 11.3. The number of nitrogens with two attached hydrogens (primary N) is 1. The molecule has 1 heterocycles. The van der Waals surface area contributed by atoms with Gasteiger partial charge in [0.1, 0.15) is 0 Å². The lowest BCUT2D eigenvalue weighted by Gasteiger charge is -2.13. The number of carboxylic acids is 1. The second kappa shape index (κ2) is 6.29. The number of benzene rings is 1. The number of nitrogens with zero attached hydrogens (tertiary/aromatic N) is 1. The Bertz CT molecular complexity index is 564. The van der Waals surface area contributed by atoms with E-state index in [9.17, 15) is 9.90 Å². The van der Waals surface area contributed by atoms with Crippen molar-refractivity contribution in [3.63, 3.8) is 0 Å². The van der Waals surface area contributed by atoms with Crippen LogP contribution in [-0.2, 0) is 11.2 Å². The first-order chi connectivity index (χ1) is 9.22. The molecular weight excluding hydrogens is 240 g/mol. The molecule has 3 N–H and O–H groups in total. The number of rotatable bonds is 6. The lowest BCUT2D eigenvalue weighted by molar-refractivity contribution is -0.141. The zero-order valence-corrected chi connectivity index (χ0v) is 10.7. The Hall–Kier alpha value is -1.94. The third kappa shape index (κ3) is 3.29. The molecule has 1 atom stereocenters. The van der Waals surface area contributed by atoms with Gasteiger partial charge in [-0.2, -0.15) is 0 Å². The SMILES string of the molecule is NCCCC(Cc1ccnc2ccccc12)C(=O)O. The number of hydrogen-bond donors (Lipinski definition) is 2. The molecule has 100 valence electrons. The normalized spacial score (nSPS) is 12.5. The monoisotopic (exact) mass is 258 g/mol. The summed E-state index contributed by atoms with van der Waals surface area (Å²) in [5, 5.41) is 10.3. The fraction of sp³-hybridized carbons (Fsp3) is 0.333. The van der Waals surface area contributed by atoms with Gasteiger partial charge in [-0.3, -0.25) is 9.78 Å². The van der Waals surface area contributed by atoms with E-state index in [0.717, 1.165) is 22.9 Å². The van der Waals surface area contributed by atoms with E-state index in [2.05, 4.69) is 4.98 Å². The van der Waals surface area contributed by atoms with Crippen LogP contribution >= 0.6 is 0 Å². The number of aromatic nitrogens is 1. The minimum atomic E-state index is -0.755. The summed E-state index contributed by atoms with van der Waals surface area (Å²) in [5.74, 6) is -1.14. The van der Waals surface area contributed by atoms with E-state index >= 15 is 0 Å². The van der Waals surface area contributed by atoms with Gasteiger partial charge in [-0.15, -0.1) is 0 Å². The van der Waals surface area contributed by atoms with Crippen LogP contribution < -0.4 is 5.73 Å². The molecule has 0 spiro atoms. The third-order valence-corrected chi connectivity index (χ3v) is 3.31. The summed E-state index contributed by atoms with van der Waals surface area (Å²) in [5.41, 5.74) is 7.40. The second-order valence-electron chi connectivity index (χ2n) is 4.66. The van der Waals surface area contributed by atoms with E-state index in [4.69, 9.17) is 5.73 Å². The maximum Gasteiger partial charge on any atom is 0.306 e. The molecule has 0 aliphatic rings. The van der Waals surface area contributed by atoms with Gasteiger partial charge >= 0.3 is 5.97 Å². The lowest BCUT2D eigenvalue weighted by Crippen LogP contribution is -2.18.